The lowest BCUT2D eigenvalue weighted by atomic mass is 10.0. The maximum absolute atomic E-state index is 15.2. The number of thioether (sulfide) groups is 1. The van der Waals surface area contributed by atoms with Crippen LogP contribution in [-0.2, 0) is 16.9 Å². The Morgan fingerprint density at radius 3 is 2.78 bits per heavy atom. The van der Waals surface area contributed by atoms with Gasteiger partial charge in [0.2, 0.25) is 0 Å². The number of nitrogens with zero attached hydrogens (tertiary/aromatic N) is 3. The molecule has 6 nitrogen and oxygen atoms in total. The van der Waals surface area contributed by atoms with Crippen LogP contribution >= 0.6 is 35.0 Å². The maximum atomic E-state index is 15.2. The summed E-state index contributed by atoms with van der Waals surface area (Å²) in [5.41, 5.74) is 3.38. The predicted molar refractivity (Wildman–Crippen MR) is 140 cm³/mol. The van der Waals surface area contributed by atoms with E-state index in [2.05, 4.69) is 0 Å². The van der Waals surface area contributed by atoms with Crippen molar-refractivity contribution in [2.24, 2.45) is 0 Å². The number of aromatic nitrogens is 2. The molecule has 2 aromatic heterocycles. The Bertz CT molecular complexity index is 1420. The molecule has 4 aromatic rings. The zero-order chi connectivity index (χ0) is 25.2. The summed E-state index contributed by atoms with van der Waals surface area (Å²) in [6.07, 6.45) is 0.788. The van der Waals surface area contributed by atoms with Crippen LogP contribution in [0, 0.1) is 5.82 Å². The van der Waals surface area contributed by atoms with Gasteiger partial charge in [-0.2, -0.15) is 0 Å². The SMILES string of the molecule is O=C(O)N1CCO[C@@H](Cc2c(-c3cc(F)c(SCc4ccccc4)cc3Cl)nc3cc(Cl)ccn23)C1. The number of morpholine rings is 1. The second-order valence-electron chi connectivity index (χ2n) is 8.44. The van der Waals surface area contributed by atoms with Gasteiger partial charge in [0, 0.05) is 46.5 Å². The van der Waals surface area contributed by atoms with Crippen molar-refractivity contribution in [1.29, 1.82) is 0 Å². The normalized spacial score (nSPS) is 16.0. The predicted octanol–water partition coefficient (Wildman–Crippen LogP) is 6.66. The highest BCUT2D eigenvalue weighted by Crippen LogP contribution is 2.37. The van der Waals surface area contributed by atoms with Gasteiger partial charge in [-0.1, -0.05) is 53.5 Å². The van der Waals surface area contributed by atoms with Gasteiger partial charge in [-0.25, -0.2) is 14.2 Å². The Balaban J connectivity index is 1.49. The number of hydrogen-bond acceptors (Lipinski definition) is 4. The highest BCUT2D eigenvalue weighted by Gasteiger charge is 2.27. The Kier molecular flexibility index (Phi) is 7.39. The summed E-state index contributed by atoms with van der Waals surface area (Å²) < 4.78 is 23.0. The van der Waals surface area contributed by atoms with E-state index in [4.69, 9.17) is 32.9 Å². The van der Waals surface area contributed by atoms with Crippen LogP contribution in [0.2, 0.25) is 10.0 Å². The molecule has 186 valence electrons. The molecule has 0 spiro atoms. The van der Waals surface area contributed by atoms with Crippen molar-refractivity contribution in [2.75, 3.05) is 19.7 Å². The zero-order valence-corrected chi connectivity index (χ0v) is 21.4. The Labute approximate surface area is 221 Å². The van der Waals surface area contributed by atoms with Gasteiger partial charge in [0.1, 0.15) is 11.5 Å². The number of pyridine rings is 1. The third-order valence-corrected chi connectivity index (χ3v) is 7.68. The minimum absolute atomic E-state index is 0.229. The second kappa shape index (κ2) is 10.7. The molecule has 0 unspecified atom stereocenters. The molecule has 36 heavy (non-hydrogen) atoms. The first-order valence-electron chi connectivity index (χ1n) is 11.3. The third kappa shape index (κ3) is 5.32. The maximum Gasteiger partial charge on any atom is 0.407 e. The van der Waals surface area contributed by atoms with Crippen molar-refractivity contribution in [2.45, 2.75) is 23.2 Å². The standard InChI is InChI=1S/C26H22Cl2FN3O3S/c27-17-6-7-32-22(11-18-14-31(26(33)34)8-9-35-18)25(30-24(32)10-17)19-12-21(29)23(13-20(19)28)36-15-16-4-2-1-3-5-16/h1-7,10,12-13,18H,8-9,11,14-15H2,(H,33,34)/t18-/m0/s1. The molecule has 10 heteroatoms. The summed E-state index contributed by atoms with van der Waals surface area (Å²) in [6, 6.07) is 16.3. The summed E-state index contributed by atoms with van der Waals surface area (Å²) in [6.45, 7) is 0.852. The molecule has 1 atom stereocenters. The number of carboxylic acid groups (broad SMARTS) is 1. The van der Waals surface area contributed by atoms with E-state index in [1.807, 2.05) is 34.7 Å². The Morgan fingerprint density at radius 1 is 1.19 bits per heavy atom. The van der Waals surface area contributed by atoms with Crippen LogP contribution in [0.25, 0.3) is 16.9 Å². The smallest absolute Gasteiger partial charge is 0.407 e. The molecule has 5 rings (SSSR count). The minimum atomic E-state index is -0.984. The van der Waals surface area contributed by atoms with E-state index in [0.717, 1.165) is 11.3 Å². The number of hydrogen-bond donors (Lipinski definition) is 1. The van der Waals surface area contributed by atoms with Gasteiger partial charge in [0.05, 0.1) is 35.7 Å². The van der Waals surface area contributed by atoms with E-state index < -0.39 is 6.09 Å². The molecule has 1 amide bonds. The van der Waals surface area contributed by atoms with Crippen molar-refractivity contribution >= 4 is 46.7 Å². The number of imidazole rings is 1. The molecule has 1 aliphatic heterocycles. The Morgan fingerprint density at radius 2 is 2.00 bits per heavy atom. The number of ether oxygens (including phenoxy) is 1. The van der Waals surface area contributed by atoms with Crippen LogP contribution in [0.5, 0.6) is 0 Å². The second-order valence-corrected chi connectivity index (χ2v) is 10.3. The van der Waals surface area contributed by atoms with E-state index in [1.54, 1.807) is 24.4 Å². The lowest BCUT2D eigenvalue weighted by Crippen LogP contribution is -2.45. The molecule has 0 bridgehead atoms. The quantitative estimate of drug-likeness (QED) is 0.274. The number of halogens is 3. The fourth-order valence-electron chi connectivity index (χ4n) is 4.27. The molecule has 3 heterocycles. The topological polar surface area (TPSA) is 67.1 Å². The monoisotopic (exact) mass is 545 g/mol. The Hall–Kier alpha value is -2.78. The highest BCUT2D eigenvalue weighted by atomic mass is 35.5. The molecule has 1 saturated heterocycles. The van der Waals surface area contributed by atoms with Gasteiger partial charge < -0.3 is 19.1 Å². The van der Waals surface area contributed by atoms with E-state index in [0.29, 0.717) is 57.2 Å². The molecule has 0 aliphatic carbocycles. The zero-order valence-electron chi connectivity index (χ0n) is 19.0. The van der Waals surface area contributed by atoms with Gasteiger partial charge in [-0.05, 0) is 23.8 Å². The van der Waals surface area contributed by atoms with Gasteiger partial charge in [0.15, 0.2) is 0 Å². The molecule has 1 N–H and O–H groups in total. The van der Waals surface area contributed by atoms with Crippen molar-refractivity contribution in [3.05, 3.63) is 87.9 Å². The first-order chi connectivity index (χ1) is 17.4. The molecule has 0 radical (unpaired) electrons. The molecule has 1 fully saturated rings. The first kappa shape index (κ1) is 24.9. The van der Waals surface area contributed by atoms with E-state index in [9.17, 15) is 9.90 Å². The van der Waals surface area contributed by atoms with Crippen molar-refractivity contribution in [3.63, 3.8) is 0 Å². The summed E-state index contributed by atoms with van der Waals surface area (Å²) >= 11 is 14.3. The average Bonchev–Trinajstić information content (AvgIpc) is 3.21. The highest BCUT2D eigenvalue weighted by molar-refractivity contribution is 7.98. The summed E-state index contributed by atoms with van der Waals surface area (Å²) in [5, 5.41) is 10.3. The average molecular weight is 546 g/mol. The van der Waals surface area contributed by atoms with Crippen molar-refractivity contribution in [3.8, 4) is 11.3 Å². The summed E-state index contributed by atoms with van der Waals surface area (Å²) in [4.78, 5) is 18.0. The first-order valence-corrected chi connectivity index (χ1v) is 13.1. The van der Waals surface area contributed by atoms with Gasteiger partial charge in [0.25, 0.3) is 0 Å². The van der Waals surface area contributed by atoms with E-state index in [1.165, 1.54) is 22.7 Å². The van der Waals surface area contributed by atoms with Crippen LogP contribution in [-0.4, -0.2) is 51.3 Å². The molecule has 1 aliphatic rings. The van der Waals surface area contributed by atoms with Crippen LogP contribution < -0.4 is 0 Å². The number of rotatable bonds is 6. The lowest BCUT2D eigenvalue weighted by molar-refractivity contribution is -0.0214. The molecule has 0 saturated carbocycles. The van der Waals surface area contributed by atoms with Gasteiger partial charge in [-0.3, -0.25) is 0 Å². The molecule has 2 aromatic carbocycles. The lowest BCUT2D eigenvalue weighted by Gasteiger charge is -2.31. The summed E-state index contributed by atoms with van der Waals surface area (Å²) in [5.74, 6) is 0.229. The van der Waals surface area contributed by atoms with Crippen LogP contribution in [0.15, 0.2) is 65.7 Å². The molecular weight excluding hydrogens is 524 g/mol. The van der Waals surface area contributed by atoms with Gasteiger partial charge in [-0.15, -0.1) is 11.8 Å². The van der Waals surface area contributed by atoms with E-state index in [-0.39, 0.29) is 18.5 Å². The fourth-order valence-corrected chi connectivity index (χ4v) is 5.65. The van der Waals surface area contributed by atoms with Crippen molar-refractivity contribution < 1.29 is 19.0 Å². The number of fused-ring (bicyclic) bond motifs is 1. The minimum Gasteiger partial charge on any atom is -0.465 e. The van der Waals surface area contributed by atoms with Gasteiger partial charge >= 0.3 is 6.09 Å². The van der Waals surface area contributed by atoms with Crippen LogP contribution in [0.1, 0.15) is 11.3 Å². The number of carbonyl (C=O) groups is 1. The van der Waals surface area contributed by atoms with Crippen LogP contribution in [0.3, 0.4) is 0 Å². The van der Waals surface area contributed by atoms with Crippen LogP contribution in [0.4, 0.5) is 9.18 Å². The fraction of sp³-hybridized carbons (Fsp3) is 0.231. The molecular formula is C26H22Cl2FN3O3S. The summed E-state index contributed by atoms with van der Waals surface area (Å²) in [7, 11) is 0. The number of amides is 1. The number of benzene rings is 2. The van der Waals surface area contributed by atoms with E-state index >= 15 is 4.39 Å². The third-order valence-electron chi connectivity index (χ3n) is 6.03. The largest absolute Gasteiger partial charge is 0.465 e. The van der Waals surface area contributed by atoms with Crippen molar-refractivity contribution in [1.82, 2.24) is 14.3 Å².